The van der Waals surface area contributed by atoms with Gasteiger partial charge in [0.1, 0.15) is 17.6 Å². The molecule has 0 amide bonds. The van der Waals surface area contributed by atoms with E-state index in [-0.39, 0.29) is 23.9 Å². The molecule has 1 fully saturated rings. The Balaban J connectivity index is 1.36. The summed E-state index contributed by atoms with van der Waals surface area (Å²) in [6.45, 7) is 1.21. The molecule has 0 bridgehead atoms. The number of carboxylic acids is 1. The van der Waals surface area contributed by atoms with Gasteiger partial charge in [-0.25, -0.2) is 0 Å². The molecule has 5 rings (SSSR count). The summed E-state index contributed by atoms with van der Waals surface area (Å²) in [7, 11) is 1.78. The predicted molar refractivity (Wildman–Crippen MR) is 108 cm³/mol. The van der Waals surface area contributed by atoms with Crippen LogP contribution in [0.1, 0.15) is 60.0 Å². The Morgan fingerprint density at radius 3 is 2.86 bits per heavy atom. The van der Waals surface area contributed by atoms with Crippen LogP contribution in [0.3, 0.4) is 0 Å². The highest BCUT2D eigenvalue weighted by atomic mass is 16.5. The van der Waals surface area contributed by atoms with Gasteiger partial charge in [0.15, 0.2) is 0 Å². The maximum absolute atomic E-state index is 11.0. The summed E-state index contributed by atoms with van der Waals surface area (Å²) < 4.78 is 17.6. The van der Waals surface area contributed by atoms with Crippen molar-refractivity contribution < 1.29 is 24.1 Å². The van der Waals surface area contributed by atoms with Gasteiger partial charge in [-0.3, -0.25) is 4.79 Å². The quantitative estimate of drug-likeness (QED) is 0.755. The Labute approximate surface area is 170 Å². The van der Waals surface area contributed by atoms with Gasteiger partial charge in [-0.1, -0.05) is 24.3 Å². The lowest BCUT2D eigenvalue weighted by atomic mass is 9.90. The van der Waals surface area contributed by atoms with Gasteiger partial charge >= 0.3 is 5.97 Å². The molecule has 5 nitrogen and oxygen atoms in total. The topological polar surface area (TPSA) is 65.0 Å². The highest BCUT2D eigenvalue weighted by molar-refractivity contribution is 5.68. The number of ether oxygens (including phenoxy) is 3. The van der Waals surface area contributed by atoms with Crippen molar-refractivity contribution in [2.24, 2.45) is 0 Å². The third-order valence-corrected chi connectivity index (χ3v) is 6.63. The number of aliphatic carboxylic acids is 1. The molecule has 2 aliphatic carbocycles. The van der Waals surface area contributed by atoms with Gasteiger partial charge in [0.05, 0.1) is 19.6 Å². The van der Waals surface area contributed by atoms with Crippen LogP contribution in [0.5, 0.6) is 11.5 Å². The Hall–Kier alpha value is -2.53. The molecule has 0 spiro atoms. The summed E-state index contributed by atoms with van der Waals surface area (Å²) in [5.74, 6) is 0.646. The van der Waals surface area contributed by atoms with Gasteiger partial charge in [0, 0.05) is 30.1 Å². The lowest BCUT2D eigenvalue weighted by molar-refractivity contribution is -0.137. The first-order valence-electron chi connectivity index (χ1n) is 10.4. The van der Waals surface area contributed by atoms with E-state index in [1.807, 2.05) is 18.2 Å². The molecular weight excluding hydrogens is 368 g/mol. The largest absolute Gasteiger partial charge is 0.492 e. The fourth-order valence-corrected chi connectivity index (χ4v) is 5.03. The van der Waals surface area contributed by atoms with E-state index in [1.54, 1.807) is 7.11 Å². The van der Waals surface area contributed by atoms with Crippen molar-refractivity contribution in [2.45, 2.75) is 49.5 Å². The van der Waals surface area contributed by atoms with E-state index in [0.717, 1.165) is 36.5 Å². The summed E-state index contributed by atoms with van der Waals surface area (Å²) in [6, 6.07) is 12.4. The van der Waals surface area contributed by atoms with Crippen molar-refractivity contribution in [3.63, 3.8) is 0 Å². The van der Waals surface area contributed by atoms with Crippen LogP contribution in [0.15, 0.2) is 36.4 Å². The van der Waals surface area contributed by atoms with Crippen molar-refractivity contribution in [1.82, 2.24) is 0 Å². The second-order valence-corrected chi connectivity index (χ2v) is 8.54. The van der Waals surface area contributed by atoms with Gasteiger partial charge in [-0.15, -0.1) is 0 Å². The highest BCUT2D eigenvalue weighted by Gasteiger charge is 2.46. The molecule has 5 heteroatoms. The second kappa shape index (κ2) is 7.06. The van der Waals surface area contributed by atoms with E-state index in [0.29, 0.717) is 6.61 Å². The number of fused-ring (bicyclic) bond motifs is 2. The van der Waals surface area contributed by atoms with Gasteiger partial charge in [-0.2, -0.15) is 0 Å². The SMILES string of the molecule is COCC1(c2cccc3c2CC[C@H]3Oc2ccc3c(c2)OC[C@H]3CC(=O)O)CC1. The van der Waals surface area contributed by atoms with Crippen LogP contribution in [0.25, 0.3) is 0 Å². The molecule has 152 valence electrons. The van der Waals surface area contributed by atoms with Crippen LogP contribution in [-0.4, -0.2) is 31.4 Å². The zero-order chi connectivity index (χ0) is 20.0. The molecule has 0 radical (unpaired) electrons. The van der Waals surface area contributed by atoms with E-state index in [4.69, 9.17) is 19.3 Å². The van der Waals surface area contributed by atoms with Gasteiger partial charge < -0.3 is 19.3 Å². The Bertz CT molecular complexity index is 946. The molecule has 1 aliphatic heterocycles. The van der Waals surface area contributed by atoms with E-state index >= 15 is 0 Å². The molecule has 2 aromatic carbocycles. The lowest BCUT2D eigenvalue weighted by Gasteiger charge is -2.20. The predicted octanol–water partition coefficient (Wildman–Crippen LogP) is 4.38. The number of hydrogen-bond acceptors (Lipinski definition) is 4. The smallest absolute Gasteiger partial charge is 0.304 e. The van der Waals surface area contributed by atoms with Crippen molar-refractivity contribution in [1.29, 1.82) is 0 Å². The van der Waals surface area contributed by atoms with Crippen molar-refractivity contribution in [3.8, 4) is 11.5 Å². The molecular formula is C24H26O5. The third kappa shape index (κ3) is 3.27. The minimum Gasteiger partial charge on any atom is -0.492 e. The first-order chi connectivity index (χ1) is 14.1. The second-order valence-electron chi connectivity index (χ2n) is 8.54. The van der Waals surface area contributed by atoms with E-state index < -0.39 is 5.97 Å². The molecule has 2 atom stereocenters. The Morgan fingerprint density at radius 1 is 1.24 bits per heavy atom. The number of benzene rings is 2. The van der Waals surface area contributed by atoms with Gasteiger partial charge in [0.2, 0.25) is 0 Å². The first-order valence-corrected chi connectivity index (χ1v) is 10.4. The van der Waals surface area contributed by atoms with Crippen LogP contribution in [0, 0.1) is 0 Å². The normalized spacial score (nSPS) is 23.2. The van der Waals surface area contributed by atoms with Crippen molar-refractivity contribution >= 4 is 5.97 Å². The molecule has 0 unspecified atom stereocenters. The number of carbonyl (C=O) groups is 1. The van der Waals surface area contributed by atoms with E-state index in [2.05, 4.69) is 18.2 Å². The summed E-state index contributed by atoms with van der Waals surface area (Å²) in [6.07, 6.45) is 4.52. The number of hydrogen-bond donors (Lipinski definition) is 1. The van der Waals surface area contributed by atoms with Gasteiger partial charge in [-0.05, 0) is 48.4 Å². The summed E-state index contributed by atoms with van der Waals surface area (Å²) in [5, 5.41) is 9.07. The molecule has 3 aliphatic rings. The minimum atomic E-state index is -0.799. The fraction of sp³-hybridized carbons (Fsp3) is 0.458. The van der Waals surface area contributed by atoms with Crippen LogP contribution in [-0.2, 0) is 21.4 Å². The monoisotopic (exact) mass is 394 g/mol. The highest BCUT2D eigenvalue weighted by Crippen LogP contribution is 2.52. The average molecular weight is 394 g/mol. The Kier molecular flexibility index (Phi) is 4.50. The maximum atomic E-state index is 11.0. The van der Waals surface area contributed by atoms with E-state index in [1.165, 1.54) is 29.5 Å². The van der Waals surface area contributed by atoms with Crippen LogP contribution >= 0.6 is 0 Å². The third-order valence-electron chi connectivity index (χ3n) is 6.63. The van der Waals surface area contributed by atoms with Gasteiger partial charge in [0.25, 0.3) is 0 Å². The molecule has 1 saturated carbocycles. The summed E-state index contributed by atoms with van der Waals surface area (Å²) >= 11 is 0. The average Bonchev–Trinajstić information content (AvgIpc) is 3.21. The minimum absolute atomic E-state index is 0.0394. The zero-order valence-corrected chi connectivity index (χ0v) is 16.6. The summed E-state index contributed by atoms with van der Waals surface area (Å²) in [5.41, 5.74) is 5.33. The molecule has 2 aromatic rings. The molecule has 0 saturated heterocycles. The molecule has 1 heterocycles. The maximum Gasteiger partial charge on any atom is 0.304 e. The standard InChI is InChI=1S/C24H26O5/c1-27-14-24(9-10-24)20-4-2-3-19-18(20)7-8-21(19)29-16-5-6-17-15(11-23(25)26)13-28-22(17)12-16/h2-6,12,15,21H,7-11,13-14H2,1H3,(H,25,26)/t15-,21-/m1/s1. The number of rotatable bonds is 7. The fourth-order valence-electron chi connectivity index (χ4n) is 5.03. The zero-order valence-electron chi connectivity index (χ0n) is 16.6. The number of methoxy groups -OCH3 is 1. The molecule has 1 N–H and O–H groups in total. The van der Waals surface area contributed by atoms with Crippen LogP contribution in [0.4, 0.5) is 0 Å². The first kappa shape index (κ1) is 18.5. The van der Waals surface area contributed by atoms with Crippen LogP contribution in [0.2, 0.25) is 0 Å². The van der Waals surface area contributed by atoms with Crippen LogP contribution < -0.4 is 9.47 Å². The number of carboxylic acid groups (broad SMARTS) is 1. The van der Waals surface area contributed by atoms with Crippen molar-refractivity contribution in [3.05, 3.63) is 58.7 Å². The Morgan fingerprint density at radius 2 is 2.10 bits per heavy atom. The molecule has 0 aromatic heterocycles. The summed E-state index contributed by atoms with van der Waals surface area (Å²) in [4.78, 5) is 11.0. The van der Waals surface area contributed by atoms with Crippen molar-refractivity contribution in [2.75, 3.05) is 20.3 Å². The van der Waals surface area contributed by atoms with E-state index in [9.17, 15) is 4.79 Å². The lowest BCUT2D eigenvalue weighted by Crippen LogP contribution is -2.16. The molecule has 29 heavy (non-hydrogen) atoms.